The number of ether oxygens (including phenoxy) is 1. The number of morpholine rings is 1. The number of pyridine rings is 1. The van der Waals surface area contributed by atoms with Crippen molar-refractivity contribution in [3.8, 4) is 0 Å². The summed E-state index contributed by atoms with van der Waals surface area (Å²) in [6, 6.07) is 3.86. The minimum atomic E-state index is 0.0796. The molecule has 104 valence electrons. The number of nitrogens with one attached hydrogen (secondary N) is 1. The van der Waals surface area contributed by atoms with Crippen molar-refractivity contribution in [2.75, 3.05) is 33.3 Å². The highest BCUT2D eigenvalue weighted by molar-refractivity contribution is 5.78. The third kappa shape index (κ3) is 4.01. The van der Waals surface area contributed by atoms with Gasteiger partial charge in [0.05, 0.1) is 24.8 Å². The maximum absolute atomic E-state index is 12.1. The second kappa shape index (κ2) is 6.63. The Morgan fingerprint density at radius 1 is 1.63 bits per heavy atom. The number of carbonyl (C=O) groups is 1. The summed E-state index contributed by atoms with van der Waals surface area (Å²) in [5.74, 6) is 0.0796. The summed E-state index contributed by atoms with van der Waals surface area (Å²) in [7, 11) is 1.82. The van der Waals surface area contributed by atoms with Crippen molar-refractivity contribution in [1.82, 2.24) is 15.2 Å². The topological polar surface area (TPSA) is 54.5 Å². The van der Waals surface area contributed by atoms with Gasteiger partial charge in [0.15, 0.2) is 0 Å². The van der Waals surface area contributed by atoms with Crippen LogP contribution in [0.3, 0.4) is 0 Å². The highest BCUT2D eigenvalue weighted by Gasteiger charge is 2.19. The summed E-state index contributed by atoms with van der Waals surface area (Å²) >= 11 is 0. The molecule has 1 aliphatic rings. The van der Waals surface area contributed by atoms with Crippen LogP contribution in [0.15, 0.2) is 18.3 Å². The van der Waals surface area contributed by atoms with Gasteiger partial charge in [-0.1, -0.05) is 6.07 Å². The Hall–Kier alpha value is -1.46. The van der Waals surface area contributed by atoms with Gasteiger partial charge in [0.1, 0.15) is 0 Å². The largest absolute Gasteiger partial charge is 0.374 e. The Morgan fingerprint density at radius 3 is 3.16 bits per heavy atom. The zero-order valence-electron chi connectivity index (χ0n) is 11.6. The predicted molar refractivity (Wildman–Crippen MR) is 72.9 cm³/mol. The van der Waals surface area contributed by atoms with Crippen LogP contribution in [0, 0.1) is 6.92 Å². The molecule has 1 atom stereocenters. The lowest BCUT2D eigenvalue weighted by atomic mass is 10.1. The van der Waals surface area contributed by atoms with Gasteiger partial charge in [-0.2, -0.15) is 0 Å². The normalized spacial score (nSPS) is 19.2. The van der Waals surface area contributed by atoms with Crippen LogP contribution in [0.1, 0.15) is 11.3 Å². The molecule has 0 radical (unpaired) electrons. The molecule has 5 nitrogen and oxygen atoms in total. The molecule has 1 aromatic heterocycles. The number of nitrogens with zero attached hydrogens (tertiary/aromatic N) is 2. The maximum atomic E-state index is 12.1. The van der Waals surface area contributed by atoms with Crippen molar-refractivity contribution in [2.24, 2.45) is 0 Å². The van der Waals surface area contributed by atoms with E-state index in [1.807, 2.05) is 26.1 Å². The predicted octanol–water partition coefficient (Wildman–Crippen LogP) is 0.379. The Kier molecular flexibility index (Phi) is 4.87. The summed E-state index contributed by atoms with van der Waals surface area (Å²) in [5, 5.41) is 3.26. The molecule has 1 amide bonds. The summed E-state index contributed by atoms with van der Waals surface area (Å²) in [6.45, 7) is 5.01. The molecule has 2 heterocycles. The van der Waals surface area contributed by atoms with Crippen LogP contribution in [0.2, 0.25) is 0 Å². The number of aromatic nitrogens is 1. The number of likely N-dealkylation sites (N-methyl/N-ethyl adjacent to an activating group) is 1. The van der Waals surface area contributed by atoms with Crippen molar-refractivity contribution in [2.45, 2.75) is 19.4 Å². The lowest BCUT2D eigenvalue weighted by Gasteiger charge is -2.28. The molecule has 1 N–H and O–H groups in total. The second-order valence-electron chi connectivity index (χ2n) is 4.91. The van der Waals surface area contributed by atoms with E-state index in [0.29, 0.717) is 19.6 Å². The molecule has 0 bridgehead atoms. The molecule has 1 aromatic rings. The van der Waals surface area contributed by atoms with Gasteiger partial charge >= 0.3 is 0 Å². The molecule has 1 unspecified atom stereocenters. The van der Waals surface area contributed by atoms with Gasteiger partial charge in [-0.05, 0) is 18.6 Å². The van der Waals surface area contributed by atoms with Crippen molar-refractivity contribution in [3.05, 3.63) is 29.6 Å². The molecule has 0 aromatic carbocycles. The number of hydrogen-bond acceptors (Lipinski definition) is 4. The Bertz CT molecular complexity index is 430. The van der Waals surface area contributed by atoms with Gasteiger partial charge in [-0.25, -0.2) is 0 Å². The van der Waals surface area contributed by atoms with Crippen LogP contribution in [-0.4, -0.2) is 55.2 Å². The number of rotatable bonds is 4. The fourth-order valence-electron chi connectivity index (χ4n) is 2.13. The maximum Gasteiger partial charge on any atom is 0.228 e. The van der Waals surface area contributed by atoms with Crippen LogP contribution >= 0.6 is 0 Å². The lowest BCUT2D eigenvalue weighted by molar-refractivity contribution is -0.131. The van der Waals surface area contributed by atoms with Gasteiger partial charge in [0, 0.05) is 32.9 Å². The molecule has 0 aliphatic carbocycles. The molecular formula is C14H21N3O2. The zero-order chi connectivity index (χ0) is 13.7. The summed E-state index contributed by atoms with van der Waals surface area (Å²) < 4.78 is 5.60. The van der Waals surface area contributed by atoms with E-state index >= 15 is 0 Å². The minimum absolute atomic E-state index is 0.0796. The van der Waals surface area contributed by atoms with Crippen molar-refractivity contribution < 1.29 is 9.53 Å². The van der Waals surface area contributed by atoms with Crippen LogP contribution in [0.4, 0.5) is 0 Å². The highest BCUT2D eigenvalue weighted by atomic mass is 16.5. The second-order valence-corrected chi connectivity index (χ2v) is 4.91. The van der Waals surface area contributed by atoms with E-state index < -0.39 is 0 Å². The third-order valence-electron chi connectivity index (χ3n) is 3.34. The molecular weight excluding hydrogens is 242 g/mol. The van der Waals surface area contributed by atoms with Crippen LogP contribution in [0.5, 0.6) is 0 Å². The van der Waals surface area contributed by atoms with Gasteiger partial charge in [-0.3, -0.25) is 9.78 Å². The molecule has 1 aliphatic heterocycles. The molecule has 0 spiro atoms. The lowest BCUT2D eigenvalue weighted by Crippen LogP contribution is -2.46. The molecule has 19 heavy (non-hydrogen) atoms. The quantitative estimate of drug-likeness (QED) is 0.853. The van der Waals surface area contributed by atoms with E-state index in [0.717, 1.165) is 24.3 Å². The first-order chi connectivity index (χ1) is 9.16. The van der Waals surface area contributed by atoms with Crippen LogP contribution < -0.4 is 5.32 Å². The standard InChI is InChI=1S/C14H21N3O2/c1-11-4-3-5-16-13(11)8-14(18)17(2)10-12-9-15-6-7-19-12/h3-5,12,15H,6-10H2,1-2H3. The molecule has 1 fully saturated rings. The first-order valence-corrected chi connectivity index (χ1v) is 6.63. The van der Waals surface area contributed by atoms with Crippen molar-refractivity contribution in [3.63, 3.8) is 0 Å². The Morgan fingerprint density at radius 2 is 2.47 bits per heavy atom. The Labute approximate surface area is 114 Å². The number of hydrogen-bond donors (Lipinski definition) is 1. The van der Waals surface area contributed by atoms with E-state index in [1.54, 1.807) is 11.1 Å². The fraction of sp³-hybridized carbons (Fsp3) is 0.571. The number of carbonyl (C=O) groups excluding carboxylic acids is 1. The van der Waals surface area contributed by atoms with E-state index in [1.165, 1.54) is 0 Å². The average molecular weight is 263 g/mol. The van der Waals surface area contributed by atoms with Crippen molar-refractivity contribution in [1.29, 1.82) is 0 Å². The van der Waals surface area contributed by atoms with Gasteiger partial charge in [-0.15, -0.1) is 0 Å². The monoisotopic (exact) mass is 263 g/mol. The van der Waals surface area contributed by atoms with E-state index in [2.05, 4.69) is 10.3 Å². The molecule has 2 rings (SSSR count). The summed E-state index contributed by atoms with van der Waals surface area (Å²) in [5.41, 5.74) is 1.90. The highest BCUT2D eigenvalue weighted by Crippen LogP contribution is 2.06. The van der Waals surface area contributed by atoms with Crippen LogP contribution in [-0.2, 0) is 16.0 Å². The number of amides is 1. The average Bonchev–Trinajstić information content (AvgIpc) is 2.42. The van der Waals surface area contributed by atoms with E-state index in [4.69, 9.17) is 4.74 Å². The van der Waals surface area contributed by atoms with Crippen LogP contribution in [0.25, 0.3) is 0 Å². The third-order valence-corrected chi connectivity index (χ3v) is 3.34. The van der Waals surface area contributed by atoms with Gasteiger partial charge in [0.2, 0.25) is 5.91 Å². The Balaban J connectivity index is 1.87. The summed E-state index contributed by atoms with van der Waals surface area (Å²) in [6.07, 6.45) is 2.17. The van der Waals surface area contributed by atoms with E-state index in [-0.39, 0.29) is 12.0 Å². The van der Waals surface area contributed by atoms with Gasteiger partial charge < -0.3 is 15.0 Å². The van der Waals surface area contributed by atoms with Gasteiger partial charge in [0.25, 0.3) is 0 Å². The molecule has 5 heteroatoms. The fourth-order valence-corrected chi connectivity index (χ4v) is 2.13. The number of aryl methyl sites for hydroxylation is 1. The first-order valence-electron chi connectivity index (χ1n) is 6.63. The zero-order valence-corrected chi connectivity index (χ0v) is 11.6. The molecule has 0 saturated carbocycles. The minimum Gasteiger partial charge on any atom is -0.374 e. The molecule has 1 saturated heterocycles. The first kappa shape index (κ1) is 14.0. The SMILES string of the molecule is Cc1cccnc1CC(=O)N(C)CC1CNCCO1. The smallest absolute Gasteiger partial charge is 0.228 e. The van der Waals surface area contributed by atoms with E-state index in [9.17, 15) is 4.79 Å². The summed E-state index contributed by atoms with van der Waals surface area (Å²) in [4.78, 5) is 18.1. The van der Waals surface area contributed by atoms with Crippen molar-refractivity contribution >= 4 is 5.91 Å².